The number of aliphatic hydroxyl groups excluding tert-OH is 1. The predicted octanol–water partition coefficient (Wildman–Crippen LogP) is 3.19. The summed E-state index contributed by atoms with van der Waals surface area (Å²) >= 11 is 6.19. The molecule has 1 N–H and O–H groups in total. The summed E-state index contributed by atoms with van der Waals surface area (Å²) in [5, 5.41) is 10.5. The Morgan fingerprint density at radius 3 is 2.50 bits per heavy atom. The molecule has 4 heteroatoms. The van der Waals surface area contributed by atoms with Crippen molar-refractivity contribution in [1.82, 2.24) is 0 Å². The number of halogens is 1. The zero-order chi connectivity index (χ0) is 14.4. The lowest BCUT2D eigenvalue weighted by Gasteiger charge is -2.12. The van der Waals surface area contributed by atoms with Crippen LogP contribution in [-0.4, -0.2) is 16.7 Å². The molecular weight excluding hydrogens is 276 g/mol. The molecule has 0 aliphatic heterocycles. The summed E-state index contributed by atoms with van der Waals surface area (Å²) in [7, 11) is 0. The summed E-state index contributed by atoms with van der Waals surface area (Å²) < 4.78 is 0. The van der Waals surface area contributed by atoms with Crippen LogP contribution in [-0.2, 0) is 4.79 Å². The van der Waals surface area contributed by atoms with E-state index in [9.17, 15) is 14.7 Å². The summed E-state index contributed by atoms with van der Waals surface area (Å²) in [4.78, 5) is 23.5. The zero-order valence-electron chi connectivity index (χ0n) is 11.3. The molecule has 106 valence electrons. The van der Waals surface area contributed by atoms with Crippen LogP contribution in [0.4, 0.5) is 0 Å². The Balaban J connectivity index is 1.77. The molecule has 0 aromatic heterocycles. The van der Waals surface area contributed by atoms with Crippen LogP contribution in [0.15, 0.2) is 18.2 Å². The van der Waals surface area contributed by atoms with E-state index in [0.29, 0.717) is 28.5 Å². The first kappa shape index (κ1) is 13.8. The molecule has 0 saturated heterocycles. The smallest absolute Gasteiger partial charge is 0.166 e. The molecule has 3 rings (SSSR count). The largest absolute Gasteiger partial charge is 0.388 e. The van der Waals surface area contributed by atoms with Gasteiger partial charge in [-0.3, -0.25) is 9.59 Å². The van der Waals surface area contributed by atoms with Gasteiger partial charge >= 0.3 is 0 Å². The maximum atomic E-state index is 12.2. The minimum atomic E-state index is -0.530. The molecule has 2 aliphatic rings. The molecular formula is C16H17ClO3. The summed E-state index contributed by atoms with van der Waals surface area (Å²) in [5.74, 6) is 0.0788. The van der Waals surface area contributed by atoms with Gasteiger partial charge in [-0.05, 0) is 43.7 Å². The van der Waals surface area contributed by atoms with E-state index in [0.717, 1.165) is 12.8 Å². The topological polar surface area (TPSA) is 54.4 Å². The third kappa shape index (κ3) is 2.52. The molecule has 0 spiro atoms. The highest BCUT2D eigenvalue weighted by Crippen LogP contribution is 2.44. The van der Waals surface area contributed by atoms with E-state index in [4.69, 9.17) is 11.6 Å². The second kappa shape index (κ2) is 4.97. The van der Waals surface area contributed by atoms with Crippen LogP contribution >= 0.6 is 11.6 Å². The highest BCUT2D eigenvalue weighted by atomic mass is 35.5. The van der Waals surface area contributed by atoms with E-state index in [1.807, 2.05) is 0 Å². The Hall–Kier alpha value is -1.19. The van der Waals surface area contributed by atoms with Crippen molar-refractivity contribution in [2.24, 2.45) is 17.8 Å². The van der Waals surface area contributed by atoms with Gasteiger partial charge in [-0.15, -0.1) is 0 Å². The van der Waals surface area contributed by atoms with Crippen LogP contribution in [0.1, 0.15) is 48.2 Å². The molecule has 0 amide bonds. The average molecular weight is 293 g/mol. The van der Waals surface area contributed by atoms with E-state index in [1.54, 1.807) is 18.2 Å². The fourth-order valence-electron chi connectivity index (χ4n) is 2.73. The lowest BCUT2D eigenvalue weighted by molar-refractivity contribution is -0.118. The van der Waals surface area contributed by atoms with Crippen molar-refractivity contribution in [3.05, 3.63) is 34.3 Å². The summed E-state index contributed by atoms with van der Waals surface area (Å²) in [6.07, 6.45) is 2.18. The normalized spacial score (nSPS) is 26.1. The van der Waals surface area contributed by atoms with Crippen molar-refractivity contribution in [3.8, 4) is 0 Å². The third-order valence-corrected chi connectivity index (χ3v) is 4.65. The summed E-state index contributed by atoms with van der Waals surface area (Å²) in [5.41, 5.74) is 1.24. The van der Waals surface area contributed by atoms with Crippen molar-refractivity contribution < 1.29 is 14.7 Å². The van der Waals surface area contributed by atoms with Crippen LogP contribution in [0.5, 0.6) is 0 Å². The Morgan fingerprint density at radius 2 is 2.00 bits per heavy atom. The van der Waals surface area contributed by atoms with Gasteiger partial charge in [0.1, 0.15) is 5.78 Å². The summed E-state index contributed by atoms with van der Waals surface area (Å²) in [6.45, 7) is 1.53. The molecule has 0 heterocycles. The number of hydrogen-bond donors (Lipinski definition) is 1. The van der Waals surface area contributed by atoms with Crippen LogP contribution < -0.4 is 0 Å². The third-order valence-electron chi connectivity index (χ3n) is 4.32. The van der Waals surface area contributed by atoms with E-state index >= 15 is 0 Å². The highest BCUT2D eigenvalue weighted by Gasteiger charge is 2.46. The zero-order valence-corrected chi connectivity index (χ0v) is 12.1. The molecule has 1 aromatic carbocycles. The monoisotopic (exact) mass is 292 g/mol. The average Bonchev–Trinajstić information content (AvgIpc) is 3.29. The van der Waals surface area contributed by atoms with Gasteiger partial charge in [0.2, 0.25) is 0 Å². The SMILES string of the molecule is CC(=O)[C@H]1C[C@@H]1C(=O)c1ccc(C(O)C2CC2)c(Cl)c1. The van der Waals surface area contributed by atoms with E-state index < -0.39 is 6.10 Å². The molecule has 3 nitrogen and oxygen atoms in total. The highest BCUT2D eigenvalue weighted by molar-refractivity contribution is 6.31. The number of benzene rings is 1. The van der Waals surface area contributed by atoms with Crippen LogP contribution in [0, 0.1) is 17.8 Å². The lowest BCUT2D eigenvalue weighted by Crippen LogP contribution is -2.08. The first-order valence-corrected chi connectivity index (χ1v) is 7.39. The Kier molecular flexibility index (Phi) is 3.43. The van der Waals surface area contributed by atoms with Gasteiger partial charge in [0.25, 0.3) is 0 Å². The number of carbonyl (C=O) groups excluding carboxylic acids is 2. The van der Waals surface area contributed by atoms with Gasteiger partial charge in [-0.1, -0.05) is 23.7 Å². The standard InChI is InChI=1S/C16H17ClO3/c1-8(18)12-7-13(12)16(20)10-4-5-11(14(17)6-10)15(19)9-2-3-9/h4-6,9,12-13,15,19H,2-3,7H2,1H3/t12-,13+,15?/m1/s1. The first-order chi connectivity index (χ1) is 9.49. The Labute approximate surface area is 122 Å². The molecule has 2 fully saturated rings. The van der Waals surface area contributed by atoms with Crippen molar-refractivity contribution in [1.29, 1.82) is 0 Å². The van der Waals surface area contributed by atoms with Crippen molar-refractivity contribution in [2.45, 2.75) is 32.3 Å². The maximum absolute atomic E-state index is 12.2. The fourth-order valence-corrected chi connectivity index (χ4v) is 3.03. The summed E-state index contributed by atoms with van der Waals surface area (Å²) in [6, 6.07) is 5.08. The second-order valence-electron chi connectivity index (χ2n) is 5.94. The van der Waals surface area contributed by atoms with E-state index in [1.165, 1.54) is 6.92 Å². The first-order valence-electron chi connectivity index (χ1n) is 7.01. The van der Waals surface area contributed by atoms with E-state index in [-0.39, 0.29) is 23.4 Å². The van der Waals surface area contributed by atoms with E-state index in [2.05, 4.69) is 0 Å². The molecule has 0 radical (unpaired) electrons. The number of carbonyl (C=O) groups is 2. The predicted molar refractivity (Wildman–Crippen MR) is 75.7 cm³/mol. The van der Waals surface area contributed by atoms with Crippen molar-refractivity contribution >= 4 is 23.2 Å². The van der Waals surface area contributed by atoms with Crippen LogP contribution in [0.2, 0.25) is 5.02 Å². The Bertz CT molecular complexity index is 577. The minimum absolute atomic E-state index is 0.0143. The molecule has 1 unspecified atom stereocenters. The lowest BCUT2D eigenvalue weighted by atomic mass is 9.99. The number of Topliss-reactive ketones (excluding diaryl/α,β-unsaturated/α-hetero) is 2. The molecule has 3 atom stereocenters. The molecule has 1 aromatic rings. The molecule has 20 heavy (non-hydrogen) atoms. The van der Waals surface area contributed by atoms with Crippen molar-refractivity contribution in [2.75, 3.05) is 0 Å². The number of rotatable bonds is 5. The minimum Gasteiger partial charge on any atom is -0.388 e. The molecule has 0 bridgehead atoms. The van der Waals surface area contributed by atoms with Gasteiger partial charge < -0.3 is 5.11 Å². The van der Waals surface area contributed by atoms with Gasteiger partial charge in [-0.25, -0.2) is 0 Å². The number of aliphatic hydroxyl groups is 1. The van der Waals surface area contributed by atoms with Crippen LogP contribution in [0.3, 0.4) is 0 Å². The Morgan fingerprint density at radius 1 is 1.30 bits per heavy atom. The number of hydrogen-bond acceptors (Lipinski definition) is 3. The fraction of sp³-hybridized carbons (Fsp3) is 0.500. The molecule has 2 aliphatic carbocycles. The van der Waals surface area contributed by atoms with Gasteiger partial charge in [0.05, 0.1) is 6.10 Å². The quantitative estimate of drug-likeness (QED) is 0.848. The van der Waals surface area contributed by atoms with Crippen LogP contribution in [0.25, 0.3) is 0 Å². The maximum Gasteiger partial charge on any atom is 0.166 e. The van der Waals surface area contributed by atoms with Crippen molar-refractivity contribution in [3.63, 3.8) is 0 Å². The second-order valence-corrected chi connectivity index (χ2v) is 6.35. The van der Waals surface area contributed by atoms with Gasteiger partial charge in [0, 0.05) is 22.4 Å². The number of ketones is 2. The molecule has 2 saturated carbocycles. The van der Waals surface area contributed by atoms with Gasteiger partial charge in [-0.2, -0.15) is 0 Å². The van der Waals surface area contributed by atoms with Gasteiger partial charge in [0.15, 0.2) is 5.78 Å².